The quantitative estimate of drug-likeness (QED) is 0.157. The molecule has 12 aromatic rings. The summed E-state index contributed by atoms with van der Waals surface area (Å²) >= 11 is 0. The Morgan fingerprint density at radius 2 is 0.800 bits per heavy atom. The van der Waals surface area contributed by atoms with Crippen LogP contribution in [-0.4, -0.2) is 0 Å². The van der Waals surface area contributed by atoms with Crippen molar-refractivity contribution < 1.29 is 4.42 Å². The van der Waals surface area contributed by atoms with Gasteiger partial charge in [-0.05, 0) is 114 Å². The van der Waals surface area contributed by atoms with Gasteiger partial charge in [0.05, 0.1) is 0 Å². The highest BCUT2D eigenvalue weighted by Gasteiger charge is 2.22. The fraction of sp³-hybridized carbons (Fsp3) is 0. The van der Waals surface area contributed by atoms with Crippen LogP contribution < -0.4 is 4.90 Å². The van der Waals surface area contributed by atoms with Crippen molar-refractivity contribution in [1.82, 2.24) is 0 Å². The van der Waals surface area contributed by atoms with Crippen molar-refractivity contribution in [2.24, 2.45) is 0 Å². The first-order chi connectivity index (χ1) is 29.8. The van der Waals surface area contributed by atoms with E-state index in [1.165, 1.54) is 65.5 Å². The van der Waals surface area contributed by atoms with Crippen molar-refractivity contribution in [2.45, 2.75) is 0 Å². The maximum absolute atomic E-state index is 6.80. The van der Waals surface area contributed by atoms with E-state index in [2.05, 4.69) is 229 Å². The number of hydrogen-bond donors (Lipinski definition) is 0. The van der Waals surface area contributed by atoms with E-state index >= 15 is 0 Å². The second-order valence-electron chi connectivity index (χ2n) is 15.6. The first-order valence-corrected chi connectivity index (χ1v) is 20.6. The number of anilines is 3. The molecule has 0 amide bonds. The first kappa shape index (κ1) is 34.1. The summed E-state index contributed by atoms with van der Waals surface area (Å²) in [6, 6.07) is 81.3. The molecule has 0 N–H and O–H groups in total. The highest BCUT2D eigenvalue weighted by Crippen LogP contribution is 2.48. The van der Waals surface area contributed by atoms with Gasteiger partial charge in [0.25, 0.3) is 0 Å². The Kier molecular flexibility index (Phi) is 7.89. The monoisotopic (exact) mass is 763 g/mol. The molecule has 280 valence electrons. The molecule has 1 heterocycles. The molecule has 0 spiro atoms. The zero-order valence-corrected chi connectivity index (χ0v) is 32.7. The molecule has 0 fully saturated rings. The summed E-state index contributed by atoms with van der Waals surface area (Å²) < 4.78 is 6.80. The lowest BCUT2D eigenvalue weighted by Crippen LogP contribution is -2.10. The molecule has 60 heavy (non-hydrogen) atoms. The van der Waals surface area contributed by atoms with Crippen molar-refractivity contribution in [3.63, 3.8) is 0 Å². The van der Waals surface area contributed by atoms with Gasteiger partial charge < -0.3 is 9.32 Å². The molecule has 0 aliphatic rings. The molecule has 2 nitrogen and oxygen atoms in total. The van der Waals surface area contributed by atoms with Crippen LogP contribution in [0, 0.1) is 0 Å². The average Bonchev–Trinajstić information content (AvgIpc) is 3.70. The number of nitrogens with zero attached hydrogens (tertiary/aromatic N) is 1. The predicted molar refractivity (Wildman–Crippen MR) is 255 cm³/mol. The second-order valence-corrected chi connectivity index (χ2v) is 15.6. The molecule has 0 bridgehead atoms. The minimum absolute atomic E-state index is 0.859. The van der Waals surface area contributed by atoms with Crippen molar-refractivity contribution in [2.75, 3.05) is 4.90 Å². The standard InChI is InChI=1S/C58H37NO/c1-3-17-40(18-4-1)56-52-27-12-11-26-49(52)50-33-30-44(36-54(50)57(56)41-19-5-2-6-20-41)59(43-23-13-22-42(35-43)47-28-14-21-38-15-7-9-24-46(38)47)45-31-34-51-53-32-29-39-16-8-10-25-48(39)58(53)60-55(51)37-45/h1-37H. The van der Waals surface area contributed by atoms with Gasteiger partial charge in [-0.25, -0.2) is 0 Å². The van der Waals surface area contributed by atoms with Crippen LogP contribution in [0.5, 0.6) is 0 Å². The van der Waals surface area contributed by atoms with Crippen LogP contribution >= 0.6 is 0 Å². The van der Waals surface area contributed by atoms with E-state index < -0.39 is 0 Å². The summed E-state index contributed by atoms with van der Waals surface area (Å²) in [6.07, 6.45) is 0. The van der Waals surface area contributed by atoms with Crippen molar-refractivity contribution >= 4 is 82.1 Å². The third kappa shape index (κ3) is 5.50. The van der Waals surface area contributed by atoms with Gasteiger partial charge in [0, 0.05) is 39.3 Å². The van der Waals surface area contributed by atoms with E-state index in [1.807, 2.05) is 0 Å². The molecule has 0 radical (unpaired) electrons. The molecule has 0 atom stereocenters. The van der Waals surface area contributed by atoms with Crippen molar-refractivity contribution in [3.8, 4) is 33.4 Å². The van der Waals surface area contributed by atoms with Gasteiger partial charge in [-0.2, -0.15) is 0 Å². The molecule has 11 aromatic carbocycles. The number of benzene rings is 11. The van der Waals surface area contributed by atoms with E-state index in [4.69, 9.17) is 4.42 Å². The Balaban J connectivity index is 1.14. The number of hydrogen-bond acceptors (Lipinski definition) is 2. The molecule has 1 aromatic heterocycles. The SMILES string of the molecule is c1ccc(-c2c(-c3ccccc3)c3cc(N(c4cccc(-c5cccc6ccccc56)c4)c4ccc5c(c4)oc4c6ccccc6ccc54)ccc3c3ccccc23)cc1. The van der Waals surface area contributed by atoms with Crippen molar-refractivity contribution in [1.29, 1.82) is 0 Å². The van der Waals surface area contributed by atoms with Crippen molar-refractivity contribution in [3.05, 3.63) is 224 Å². The van der Waals surface area contributed by atoms with Crippen LogP contribution in [0.2, 0.25) is 0 Å². The zero-order chi connectivity index (χ0) is 39.6. The largest absolute Gasteiger partial charge is 0.455 e. The summed E-state index contributed by atoms with van der Waals surface area (Å²) in [4.78, 5) is 2.39. The van der Waals surface area contributed by atoms with Crippen LogP contribution in [-0.2, 0) is 0 Å². The van der Waals surface area contributed by atoms with Gasteiger partial charge in [-0.1, -0.05) is 176 Å². The fourth-order valence-electron chi connectivity index (χ4n) is 9.50. The number of rotatable bonds is 6. The van der Waals surface area contributed by atoms with Gasteiger partial charge >= 0.3 is 0 Å². The van der Waals surface area contributed by atoms with Gasteiger partial charge in [-0.3, -0.25) is 0 Å². The van der Waals surface area contributed by atoms with Crippen LogP contribution in [0.25, 0.3) is 98.4 Å². The van der Waals surface area contributed by atoms with Gasteiger partial charge in [-0.15, -0.1) is 0 Å². The predicted octanol–water partition coefficient (Wildman–Crippen LogP) is 16.7. The Morgan fingerprint density at radius 3 is 1.57 bits per heavy atom. The maximum Gasteiger partial charge on any atom is 0.143 e. The van der Waals surface area contributed by atoms with E-state index in [-0.39, 0.29) is 0 Å². The molecule has 0 unspecified atom stereocenters. The molecule has 0 aliphatic heterocycles. The highest BCUT2D eigenvalue weighted by molar-refractivity contribution is 6.22. The summed E-state index contributed by atoms with van der Waals surface area (Å²) in [5.41, 5.74) is 12.1. The summed E-state index contributed by atoms with van der Waals surface area (Å²) in [5.74, 6) is 0. The van der Waals surface area contributed by atoms with Gasteiger partial charge in [0.1, 0.15) is 11.2 Å². The third-order valence-corrected chi connectivity index (χ3v) is 12.2. The van der Waals surface area contributed by atoms with Crippen LogP contribution in [0.15, 0.2) is 229 Å². The molecule has 0 aliphatic carbocycles. The summed E-state index contributed by atoms with van der Waals surface area (Å²) in [7, 11) is 0. The van der Waals surface area contributed by atoms with E-state index in [9.17, 15) is 0 Å². The molecule has 0 saturated heterocycles. The highest BCUT2D eigenvalue weighted by atomic mass is 16.3. The number of furan rings is 1. The minimum Gasteiger partial charge on any atom is -0.455 e. The van der Waals surface area contributed by atoms with Crippen LogP contribution in [0.4, 0.5) is 17.1 Å². The molecule has 2 heteroatoms. The Morgan fingerprint density at radius 1 is 0.283 bits per heavy atom. The molecule has 0 saturated carbocycles. The Hall–Kier alpha value is -7.94. The molecular weight excluding hydrogens is 727 g/mol. The zero-order valence-electron chi connectivity index (χ0n) is 32.7. The van der Waals surface area contributed by atoms with E-state index in [0.717, 1.165) is 50.0 Å². The topological polar surface area (TPSA) is 16.4 Å². The lowest BCUT2D eigenvalue weighted by Gasteiger charge is -2.27. The summed E-state index contributed by atoms with van der Waals surface area (Å²) in [6.45, 7) is 0. The number of fused-ring (bicyclic) bond motifs is 9. The van der Waals surface area contributed by atoms with E-state index in [1.54, 1.807) is 0 Å². The van der Waals surface area contributed by atoms with E-state index in [0.29, 0.717) is 0 Å². The minimum atomic E-state index is 0.859. The Bertz CT molecular complexity index is 3600. The van der Waals surface area contributed by atoms with Crippen LogP contribution in [0.3, 0.4) is 0 Å². The second kappa shape index (κ2) is 13.9. The van der Waals surface area contributed by atoms with Crippen LogP contribution in [0.1, 0.15) is 0 Å². The lowest BCUT2D eigenvalue weighted by molar-refractivity contribution is 0.672. The normalized spacial score (nSPS) is 11.7. The molecular formula is C58H37NO. The smallest absolute Gasteiger partial charge is 0.143 e. The van der Waals surface area contributed by atoms with Gasteiger partial charge in [0.2, 0.25) is 0 Å². The lowest BCUT2D eigenvalue weighted by atomic mass is 9.85. The fourth-order valence-corrected chi connectivity index (χ4v) is 9.50. The average molecular weight is 764 g/mol. The molecule has 12 rings (SSSR count). The Labute approximate surface area is 347 Å². The maximum atomic E-state index is 6.80. The first-order valence-electron chi connectivity index (χ1n) is 20.6. The van der Waals surface area contributed by atoms with Gasteiger partial charge in [0.15, 0.2) is 0 Å². The third-order valence-electron chi connectivity index (χ3n) is 12.2. The summed E-state index contributed by atoms with van der Waals surface area (Å²) in [5, 5.41) is 11.9.